The number of carbonyl (C=O) groups is 3. The number of benzene rings is 1. The Bertz CT molecular complexity index is 881. The molecule has 2 rings (SSSR count). The number of aliphatic carboxylic acids is 2. The molecular weight excluding hydrogens is 406 g/mol. The summed E-state index contributed by atoms with van der Waals surface area (Å²) >= 11 is 0. The van der Waals surface area contributed by atoms with Crippen LogP contribution in [0.4, 0.5) is 5.69 Å². The number of carboxylic acids is 2. The van der Waals surface area contributed by atoms with Crippen LogP contribution >= 0.6 is 0 Å². The van der Waals surface area contributed by atoms with E-state index >= 15 is 0 Å². The van der Waals surface area contributed by atoms with E-state index in [2.05, 4.69) is 20.9 Å². The summed E-state index contributed by atoms with van der Waals surface area (Å²) in [7, 11) is 0. The first-order chi connectivity index (χ1) is 14.7. The van der Waals surface area contributed by atoms with Crippen LogP contribution in [-0.2, 0) is 9.59 Å². The van der Waals surface area contributed by atoms with Crippen molar-refractivity contribution in [3.8, 4) is 0 Å². The van der Waals surface area contributed by atoms with E-state index in [0.29, 0.717) is 13.0 Å². The molecule has 168 valence electrons. The van der Waals surface area contributed by atoms with E-state index in [-0.39, 0.29) is 24.4 Å². The standard InChI is InChI=1S/C20H27N5O6/c1-11-14(18(29)25-20(21)23-11)3-2-10-22-13-6-4-12(5-7-13)17(28)24-15(19(30)31)8-9-16(26)27/h4-7,15,18,22,29H,2-3,8-10H2,1H3,(H,24,28)(H,26,27)(H,30,31)(H3,21,23,25). The fourth-order valence-electron chi connectivity index (χ4n) is 3.04. The molecule has 0 saturated carbocycles. The highest BCUT2D eigenvalue weighted by Crippen LogP contribution is 2.18. The van der Waals surface area contributed by atoms with Crippen molar-refractivity contribution < 1.29 is 29.7 Å². The maximum atomic E-state index is 12.2. The lowest BCUT2D eigenvalue weighted by atomic mass is 10.1. The van der Waals surface area contributed by atoms with Crippen molar-refractivity contribution in [2.45, 2.75) is 44.9 Å². The van der Waals surface area contributed by atoms with E-state index in [9.17, 15) is 19.5 Å². The van der Waals surface area contributed by atoms with E-state index < -0.39 is 30.1 Å². The number of anilines is 1. The number of nitrogens with one attached hydrogen (secondary N) is 3. The Morgan fingerprint density at radius 1 is 1.23 bits per heavy atom. The smallest absolute Gasteiger partial charge is 0.326 e. The zero-order valence-corrected chi connectivity index (χ0v) is 17.1. The summed E-state index contributed by atoms with van der Waals surface area (Å²) in [4.78, 5) is 37.9. The molecule has 0 fully saturated rings. The number of nitrogens with zero attached hydrogens (tertiary/aromatic N) is 1. The summed E-state index contributed by atoms with van der Waals surface area (Å²) in [5.41, 5.74) is 8.16. The Hall–Kier alpha value is -3.60. The van der Waals surface area contributed by atoms with Gasteiger partial charge in [-0.2, -0.15) is 0 Å². The van der Waals surface area contributed by atoms with Gasteiger partial charge in [-0.3, -0.25) is 9.59 Å². The number of aliphatic imine (C=N–C) groups is 1. The van der Waals surface area contributed by atoms with Crippen LogP contribution < -0.4 is 21.7 Å². The van der Waals surface area contributed by atoms with Crippen molar-refractivity contribution in [2.24, 2.45) is 10.7 Å². The summed E-state index contributed by atoms with van der Waals surface area (Å²) < 4.78 is 0. The molecule has 0 bridgehead atoms. The zero-order valence-electron chi connectivity index (χ0n) is 17.1. The van der Waals surface area contributed by atoms with Crippen molar-refractivity contribution in [3.05, 3.63) is 41.1 Å². The second-order valence-electron chi connectivity index (χ2n) is 7.07. The van der Waals surface area contributed by atoms with Crippen molar-refractivity contribution >= 4 is 29.5 Å². The van der Waals surface area contributed by atoms with Crippen LogP contribution in [0.3, 0.4) is 0 Å². The maximum Gasteiger partial charge on any atom is 0.326 e. The second-order valence-corrected chi connectivity index (χ2v) is 7.07. The van der Waals surface area contributed by atoms with Crippen molar-refractivity contribution in [1.82, 2.24) is 10.6 Å². The number of carboxylic acid groups (broad SMARTS) is 2. The first kappa shape index (κ1) is 23.7. The quantitative estimate of drug-likeness (QED) is 0.243. The highest BCUT2D eigenvalue weighted by Gasteiger charge is 2.21. The molecule has 11 nitrogen and oxygen atoms in total. The summed E-state index contributed by atoms with van der Waals surface area (Å²) in [6.07, 6.45) is -0.147. The minimum Gasteiger partial charge on any atom is -0.481 e. The maximum absolute atomic E-state index is 12.2. The number of allylic oxidation sites excluding steroid dienone is 1. The Labute approximate surface area is 179 Å². The van der Waals surface area contributed by atoms with Gasteiger partial charge in [0.05, 0.1) is 0 Å². The van der Waals surface area contributed by atoms with Gasteiger partial charge in [0, 0.05) is 29.9 Å². The largest absolute Gasteiger partial charge is 0.481 e. The first-order valence-electron chi connectivity index (χ1n) is 9.74. The Morgan fingerprint density at radius 3 is 2.48 bits per heavy atom. The number of guanidine groups is 1. The number of rotatable bonds is 11. The minimum absolute atomic E-state index is 0.188. The summed E-state index contributed by atoms with van der Waals surface area (Å²) in [6.45, 7) is 2.44. The van der Waals surface area contributed by atoms with Gasteiger partial charge in [-0.05, 0) is 56.0 Å². The monoisotopic (exact) mass is 433 g/mol. The first-order valence-corrected chi connectivity index (χ1v) is 9.74. The van der Waals surface area contributed by atoms with Gasteiger partial charge >= 0.3 is 11.9 Å². The molecule has 1 aliphatic rings. The highest BCUT2D eigenvalue weighted by molar-refractivity contribution is 5.96. The molecule has 0 spiro atoms. The van der Waals surface area contributed by atoms with Crippen molar-refractivity contribution in [2.75, 3.05) is 11.9 Å². The average Bonchev–Trinajstić information content (AvgIpc) is 2.69. The molecule has 11 heteroatoms. The fraction of sp³-hybridized carbons (Fsp3) is 0.400. The van der Waals surface area contributed by atoms with Crippen LogP contribution in [0.2, 0.25) is 0 Å². The van der Waals surface area contributed by atoms with Crippen LogP contribution in [0.15, 0.2) is 40.5 Å². The number of aliphatic hydroxyl groups excluding tert-OH is 1. The van der Waals surface area contributed by atoms with Crippen molar-refractivity contribution in [1.29, 1.82) is 0 Å². The zero-order chi connectivity index (χ0) is 23.0. The molecule has 2 atom stereocenters. The molecule has 31 heavy (non-hydrogen) atoms. The lowest BCUT2D eigenvalue weighted by Crippen LogP contribution is -2.41. The SMILES string of the molecule is CC1=C(CCCNc2ccc(C(=O)NC(CCC(=O)O)C(=O)O)cc2)C(O)N=C(N)N1. The number of nitrogens with two attached hydrogens (primary N) is 1. The van der Waals surface area contributed by atoms with Crippen molar-refractivity contribution in [3.63, 3.8) is 0 Å². The second kappa shape index (κ2) is 11.0. The van der Waals surface area contributed by atoms with E-state index in [1.165, 1.54) is 0 Å². The number of amides is 1. The number of hydrogen-bond acceptors (Lipinski definition) is 8. The normalized spacial score (nSPS) is 16.7. The summed E-state index contributed by atoms with van der Waals surface area (Å²) in [6, 6.07) is 5.20. The molecule has 1 amide bonds. The number of carbonyl (C=O) groups excluding carboxylic acids is 1. The third-order valence-corrected chi connectivity index (χ3v) is 4.72. The summed E-state index contributed by atoms with van der Waals surface area (Å²) in [5, 5.41) is 36.2. The van der Waals surface area contributed by atoms with Gasteiger partial charge in [0.1, 0.15) is 6.04 Å². The van der Waals surface area contributed by atoms with Gasteiger partial charge in [0.15, 0.2) is 12.2 Å². The van der Waals surface area contributed by atoms with Crippen LogP contribution in [0.1, 0.15) is 43.0 Å². The molecule has 1 aromatic carbocycles. The summed E-state index contributed by atoms with van der Waals surface area (Å²) in [5.74, 6) is -2.82. The molecule has 8 N–H and O–H groups in total. The molecule has 1 heterocycles. The third-order valence-electron chi connectivity index (χ3n) is 4.72. The molecular formula is C20H27N5O6. The van der Waals surface area contributed by atoms with Crippen LogP contribution in [0.25, 0.3) is 0 Å². The third kappa shape index (κ3) is 7.30. The topological polar surface area (TPSA) is 186 Å². The molecule has 2 unspecified atom stereocenters. The van der Waals surface area contributed by atoms with Gasteiger partial charge in [0.2, 0.25) is 0 Å². The Morgan fingerprint density at radius 2 is 1.90 bits per heavy atom. The predicted molar refractivity (Wildman–Crippen MR) is 113 cm³/mol. The van der Waals surface area contributed by atoms with Crippen LogP contribution in [-0.4, -0.2) is 57.9 Å². The highest BCUT2D eigenvalue weighted by atomic mass is 16.4. The van der Waals surface area contributed by atoms with Gasteiger partial charge in [0.25, 0.3) is 5.91 Å². The van der Waals surface area contributed by atoms with Crippen LogP contribution in [0, 0.1) is 0 Å². The molecule has 0 saturated heterocycles. The number of hydrogen-bond donors (Lipinski definition) is 7. The van der Waals surface area contributed by atoms with Gasteiger partial charge in [-0.25, -0.2) is 9.79 Å². The van der Waals surface area contributed by atoms with Gasteiger partial charge < -0.3 is 37.0 Å². The molecule has 0 aromatic heterocycles. The molecule has 1 aliphatic heterocycles. The van der Waals surface area contributed by atoms with E-state index in [0.717, 1.165) is 23.4 Å². The Balaban J connectivity index is 1.82. The fourth-order valence-corrected chi connectivity index (χ4v) is 3.04. The number of aliphatic hydroxyl groups is 1. The van der Waals surface area contributed by atoms with Crippen LogP contribution in [0.5, 0.6) is 0 Å². The molecule has 1 aromatic rings. The van der Waals surface area contributed by atoms with Gasteiger partial charge in [-0.15, -0.1) is 0 Å². The van der Waals surface area contributed by atoms with E-state index in [1.807, 2.05) is 6.92 Å². The predicted octanol–water partition coefficient (Wildman–Crippen LogP) is 0.437. The molecule has 0 aliphatic carbocycles. The average molecular weight is 433 g/mol. The Kier molecular flexibility index (Phi) is 8.38. The van der Waals surface area contributed by atoms with E-state index in [1.54, 1.807) is 24.3 Å². The lowest BCUT2D eigenvalue weighted by Gasteiger charge is -2.22. The molecule has 0 radical (unpaired) electrons. The lowest BCUT2D eigenvalue weighted by molar-refractivity contribution is -0.140. The van der Waals surface area contributed by atoms with E-state index in [4.69, 9.17) is 15.9 Å². The minimum atomic E-state index is -1.29. The van der Waals surface area contributed by atoms with Gasteiger partial charge in [-0.1, -0.05) is 0 Å².